The second-order valence-electron chi connectivity index (χ2n) is 5.31. The van der Waals surface area contributed by atoms with Gasteiger partial charge in [0.2, 0.25) is 0 Å². The quantitative estimate of drug-likeness (QED) is 0.593. The van der Waals surface area contributed by atoms with E-state index in [4.69, 9.17) is 0 Å². The molecule has 4 rings (SSSR count). The third-order valence-electron chi connectivity index (χ3n) is 3.96. The van der Waals surface area contributed by atoms with E-state index in [0.29, 0.717) is 0 Å². The fourth-order valence-corrected chi connectivity index (χ4v) is 2.94. The van der Waals surface area contributed by atoms with Gasteiger partial charge in [0.15, 0.2) is 5.65 Å². The van der Waals surface area contributed by atoms with Gasteiger partial charge < -0.3 is 0 Å². The number of rotatable bonds is 2. The molecular weight excluding hydrogens is 264 g/mol. The summed E-state index contributed by atoms with van der Waals surface area (Å²) in [6, 6.07) is 0. The van der Waals surface area contributed by atoms with Gasteiger partial charge in [-0.25, -0.2) is 9.97 Å². The van der Waals surface area contributed by atoms with Gasteiger partial charge in [0, 0.05) is 35.8 Å². The molecule has 6 nitrogen and oxygen atoms in total. The highest BCUT2D eigenvalue weighted by molar-refractivity contribution is 6.09. The molecular formula is C15H16N6. The first-order chi connectivity index (χ1) is 10.2. The SMILES string of the molecule is CCc1cnc2nc(C)c3c(-c4cnn(C)c4)[nH][nH]c3c12. The molecule has 0 spiro atoms. The number of aryl methyl sites for hydroxylation is 3. The zero-order valence-corrected chi connectivity index (χ0v) is 12.2. The summed E-state index contributed by atoms with van der Waals surface area (Å²) in [5.74, 6) is 0. The fraction of sp³-hybridized carbons (Fsp3) is 0.267. The normalized spacial score (nSPS) is 11.8. The van der Waals surface area contributed by atoms with Gasteiger partial charge in [0.25, 0.3) is 0 Å². The largest absolute Gasteiger partial charge is 0.299 e. The summed E-state index contributed by atoms with van der Waals surface area (Å²) < 4.78 is 1.80. The Morgan fingerprint density at radius 2 is 2.05 bits per heavy atom. The summed E-state index contributed by atoms with van der Waals surface area (Å²) in [6.07, 6.45) is 6.71. The Morgan fingerprint density at radius 3 is 2.76 bits per heavy atom. The molecule has 0 amide bonds. The van der Waals surface area contributed by atoms with E-state index in [2.05, 4.69) is 32.2 Å². The molecule has 0 saturated carbocycles. The number of fused-ring (bicyclic) bond motifs is 3. The van der Waals surface area contributed by atoms with Crippen LogP contribution in [-0.2, 0) is 13.5 Å². The summed E-state index contributed by atoms with van der Waals surface area (Å²) in [5.41, 5.74) is 6.14. The molecule has 0 aromatic carbocycles. The molecule has 2 N–H and O–H groups in total. The monoisotopic (exact) mass is 280 g/mol. The van der Waals surface area contributed by atoms with Gasteiger partial charge in [-0.3, -0.25) is 14.9 Å². The molecule has 0 aliphatic carbocycles. The van der Waals surface area contributed by atoms with Crippen molar-refractivity contribution in [2.24, 2.45) is 7.05 Å². The number of nitrogens with zero attached hydrogens (tertiary/aromatic N) is 4. The molecule has 4 aromatic rings. The predicted octanol–water partition coefficient (Wildman–Crippen LogP) is 2.71. The van der Waals surface area contributed by atoms with Crippen molar-refractivity contribution in [1.29, 1.82) is 0 Å². The van der Waals surface area contributed by atoms with Crippen LogP contribution in [0.3, 0.4) is 0 Å². The molecule has 106 valence electrons. The van der Waals surface area contributed by atoms with Crippen LogP contribution < -0.4 is 0 Å². The van der Waals surface area contributed by atoms with Crippen molar-refractivity contribution < 1.29 is 0 Å². The van der Waals surface area contributed by atoms with Crippen molar-refractivity contribution in [3.05, 3.63) is 29.8 Å². The molecule has 0 bridgehead atoms. The minimum atomic E-state index is 0.810. The van der Waals surface area contributed by atoms with Crippen molar-refractivity contribution in [3.8, 4) is 11.3 Å². The molecule has 0 radical (unpaired) electrons. The van der Waals surface area contributed by atoms with Crippen LogP contribution in [0.15, 0.2) is 18.6 Å². The smallest absolute Gasteiger partial charge is 0.161 e. The third-order valence-corrected chi connectivity index (χ3v) is 3.96. The van der Waals surface area contributed by atoms with Crippen molar-refractivity contribution >= 4 is 21.9 Å². The van der Waals surface area contributed by atoms with E-state index < -0.39 is 0 Å². The topological polar surface area (TPSA) is 75.2 Å². The highest BCUT2D eigenvalue weighted by Gasteiger charge is 2.17. The molecule has 4 heterocycles. The van der Waals surface area contributed by atoms with Gasteiger partial charge in [-0.2, -0.15) is 5.10 Å². The van der Waals surface area contributed by atoms with E-state index in [0.717, 1.165) is 45.3 Å². The number of hydrogen-bond acceptors (Lipinski definition) is 3. The third kappa shape index (κ3) is 1.62. The first-order valence-corrected chi connectivity index (χ1v) is 7.02. The summed E-state index contributed by atoms with van der Waals surface area (Å²) in [7, 11) is 1.91. The van der Waals surface area contributed by atoms with Gasteiger partial charge in [-0.05, 0) is 18.9 Å². The van der Waals surface area contributed by atoms with Crippen LogP contribution in [0, 0.1) is 6.92 Å². The molecule has 21 heavy (non-hydrogen) atoms. The number of nitrogens with one attached hydrogen (secondary N) is 2. The minimum absolute atomic E-state index is 0.810. The number of pyridine rings is 1. The molecule has 0 atom stereocenters. The second-order valence-corrected chi connectivity index (χ2v) is 5.31. The maximum Gasteiger partial charge on any atom is 0.161 e. The maximum atomic E-state index is 4.66. The van der Waals surface area contributed by atoms with Gasteiger partial charge in [0.05, 0.1) is 23.1 Å². The Hall–Kier alpha value is -2.63. The Bertz CT molecular complexity index is 955. The lowest BCUT2D eigenvalue weighted by molar-refractivity contribution is 0.768. The standard InChI is InChI=1S/C15H16N6/c1-4-9-5-16-15-12(9)14-11(8(2)18-15)13(19-20-14)10-6-17-21(3)7-10/h5-7,19-20H,4H2,1-3H3. The van der Waals surface area contributed by atoms with E-state index in [9.17, 15) is 0 Å². The van der Waals surface area contributed by atoms with Gasteiger partial charge in [0.1, 0.15) is 0 Å². The Labute approximate surface area is 121 Å². The summed E-state index contributed by atoms with van der Waals surface area (Å²) in [6.45, 7) is 4.15. The molecule has 0 unspecified atom stereocenters. The Balaban J connectivity index is 2.12. The van der Waals surface area contributed by atoms with E-state index in [1.165, 1.54) is 5.56 Å². The zero-order valence-electron chi connectivity index (χ0n) is 12.2. The van der Waals surface area contributed by atoms with Gasteiger partial charge >= 0.3 is 0 Å². The van der Waals surface area contributed by atoms with Gasteiger partial charge in [-0.1, -0.05) is 6.92 Å². The highest BCUT2D eigenvalue weighted by atomic mass is 15.2. The van der Waals surface area contributed by atoms with Crippen LogP contribution in [-0.4, -0.2) is 29.9 Å². The number of aromatic nitrogens is 6. The van der Waals surface area contributed by atoms with Gasteiger partial charge in [-0.15, -0.1) is 0 Å². The average molecular weight is 280 g/mol. The van der Waals surface area contributed by atoms with Crippen molar-refractivity contribution in [2.75, 3.05) is 0 Å². The molecule has 0 aliphatic rings. The highest BCUT2D eigenvalue weighted by Crippen LogP contribution is 2.33. The van der Waals surface area contributed by atoms with Crippen molar-refractivity contribution in [2.45, 2.75) is 20.3 Å². The lowest BCUT2D eigenvalue weighted by Crippen LogP contribution is -1.88. The van der Waals surface area contributed by atoms with E-state index in [-0.39, 0.29) is 0 Å². The van der Waals surface area contributed by atoms with Crippen LogP contribution >= 0.6 is 0 Å². The summed E-state index contributed by atoms with van der Waals surface area (Å²) in [5, 5.41) is 13.0. The summed E-state index contributed by atoms with van der Waals surface area (Å²) >= 11 is 0. The average Bonchev–Trinajstić information content (AvgIpc) is 3.14. The van der Waals surface area contributed by atoms with Crippen LogP contribution in [0.2, 0.25) is 0 Å². The number of hydrogen-bond donors (Lipinski definition) is 2. The fourth-order valence-electron chi connectivity index (χ4n) is 2.94. The van der Waals surface area contributed by atoms with E-state index >= 15 is 0 Å². The lowest BCUT2D eigenvalue weighted by Gasteiger charge is -2.01. The molecule has 0 aliphatic heterocycles. The molecule has 4 aromatic heterocycles. The maximum absolute atomic E-state index is 4.66. The van der Waals surface area contributed by atoms with Crippen molar-refractivity contribution in [1.82, 2.24) is 29.9 Å². The number of aromatic amines is 2. The first kappa shape index (κ1) is 12.1. The Kier molecular flexibility index (Phi) is 2.42. The van der Waals surface area contributed by atoms with Crippen LogP contribution in [0.5, 0.6) is 0 Å². The first-order valence-electron chi connectivity index (χ1n) is 7.02. The second kappa shape index (κ2) is 4.18. The lowest BCUT2D eigenvalue weighted by atomic mass is 10.1. The van der Waals surface area contributed by atoms with Crippen LogP contribution in [0.25, 0.3) is 33.2 Å². The summed E-state index contributed by atoms with van der Waals surface area (Å²) in [4.78, 5) is 9.08. The minimum Gasteiger partial charge on any atom is -0.299 e. The number of H-pyrrole nitrogens is 2. The molecule has 0 saturated heterocycles. The predicted molar refractivity (Wildman–Crippen MR) is 82.1 cm³/mol. The van der Waals surface area contributed by atoms with Crippen LogP contribution in [0.4, 0.5) is 0 Å². The van der Waals surface area contributed by atoms with E-state index in [1.807, 2.05) is 32.6 Å². The van der Waals surface area contributed by atoms with E-state index in [1.54, 1.807) is 4.68 Å². The van der Waals surface area contributed by atoms with Crippen molar-refractivity contribution in [3.63, 3.8) is 0 Å². The molecule has 0 fully saturated rings. The van der Waals surface area contributed by atoms with Crippen LogP contribution in [0.1, 0.15) is 18.2 Å². The molecule has 6 heteroatoms. The zero-order chi connectivity index (χ0) is 14.6. The Morgan fingerprint density at radius 1 is 1.19 bits per heavy atom.